The van der Waals surface area contributed by atoms with E-state index in [2.05, 4.69) is 12.6 Å². The van der Waals surface area contributed by atoms with Gasteiger partial charge in [0, 0.05) is 17.8 Å². The fourth-order valence-corrected chi connectivity index (χ4v) is 6.70. The van der Waals surface area contributed by atoms with E-state index in [4.69, 9.17) is 18.7 Å². The quantitative estimate of drug-likeness (QED) is 0.250. The summed E-state index contributed by atoms with van der Waals surface area (Å²) in [6, 6.07) is 11.2. The summed E-state index contributed by atoms with van der Waals surface area (Å²) in [5.74, 6) is 0.186. The van der Waals surface area contributed by atoms with Gasteiger partial charge in [0.25, 0.3) is 0 Å². The van der Waals surface area contributed by atoms with Crippen molar-refractivity contribution in [2.75, 3.05) is 27.0 Å². The molecule has 1 aliphatic heterocycles. The average Bonchev–Trinajstić information content (AvgIpc) is 3.31. The molecule has 0 aliphatic carbocycles. The molecule has 8 heteroatoms. The van der Waals surface area contributed by atoms with Gasteiger partial charge in [0.05, 0.1) is 20.4 Å². The highest BCUT2D eigenvalue weighted by Gasteiger charge is 2.74. The van der Waals surface area contributed by atoms with Gasteiger partial charge < -0.3 is 14.2 Å². The second kappa shape index (κ2) is 8.54. The number of thiol groups is 1. The minimum absolute atomic E-state index is 0.0882. The van der Waals surface area contributed by atoms with E-state index in [1.165, 1.54) is 7.11 Å². The Bertz CT molecular complexity index is 985. The molecule has 1 fully saturated rings. The second-order valence-electron chi connectivity index (χ2n) is 8.12. The summed E-state index contributed by atoms with van der Waals surface area (Å²) >= 11 is 4.53. The Morgan fingerprint density at radius 1 is 1.20 bits per heavy atom. The van der Waals surface area contributed by atoms with Crippen LogP contribution in [0, 0.1) is 0 Å². The van der Waals surface area contributed by atoms with E-state index in [-0.39, 0.29) is 10.9 Å². The molecule has 0 radical (unpaired) electrons. The van der Waals surface area contributed by atoms with Gasteiger partial charge in [-0.25, -0.2) is 0 Å². The topological polar surface area (TPSA) is 71.1 Å². The SMILES string of the molecule is CCOC(CC(C)(C)S)OP1(=O)C[C@]1(C(=O)OC)c1ccc2cc(OC)ccc2c1. The molecule has 0 saturated carbocycles. The highest BCUT2D eigenvalue weighted by Crippen LogP contribution is 2.82. The number of rotatable bonds is 9. The van der Waals surface area contributed by atoms with Crippen molar-refractivity contribution in [3.05, 3.63) is 42.0 Å². The third-order valence-corrected chi connectivity index (χ3v) is 8.30. The number of hydrogen-bond donors (Lipinski definition) is 1. The summed E-state index contributed by atoms with van der Waals surface area (Å²) in [5, 5.41) is 0.554. The fourth-order valence-electron chi connectivity index (χ4n) is 3.69. The van der Waals surface area contributed by atoms with Crippen molar-refractivity contribution in [1.29, 1.82) is 0 Å². The van der Waals surface area contributed by atoms with Gasteiger partial charge in [0.15, 0.2) is 11.4 Å². The van der Waals surface area contributed by atoms with Crippen LogP contribution in [0.4, 0.5) is 0 Å². The lowest BCUT2D eigenvalue weighted by atomic mass is 9.97. The van der Waals surface area contributed by atoms with E-state index in [1.54, 1.807) is 13.2 Å². The molecule has 1 aliphatic rings. The molecule has 1 saturated heterocycles. The highest BCUT2D eigenvalue weighted by atomic mass is 32.1. The van der Waals surface area contributed by atoms with Crippen molar-refractivity contribution >= 4 is 36.7 Å². The van der Waals surface area contributed by atoms with E-state index in [0.29, 0.717) is 18.6 Å². The number of carbonyl (C=O) groups excluding carboxylic acids is 1. The van der Waals surface area contributed by atoms with Crippen molar-refractivity contribution in [2.45, 2.75) is 43.4 Å². The van der Waals surface area contributed by atoms with Crippen molar-refractivity contribution in [1.82, 2.24) is 0 Å². The zero-order valence-corrected chi connectivity index (χ0v) is 19.8. The molecule has 3 atom stereocenters. The van der Waals surface area contributed by atoms with Gasteiger partial charge in [-0.05, 0) is 41.5 Å². The zero-order chi connectivity index (χ0) is 22.2. The highest BCUT2D eigenvalue weighted by molar-refractivity contribution is 7.81. The molecule has 164 valence electrons. The average molecular weight is 453 g/mol. The van der Waals surface area contributed by atoms with Crippen LogP contribution in [0.5, 0.6) is 5.75 Å². The van der Waals surface area contributed by atoms with Crippen LogP contribution in [0.1, 0.15) is 32.8 Å². The minimum Gasteiger partial charge on any atom is -0.497 e. The summed E-state index contributed by atoms with van der Waals surface area (Å²) in [7, 11) is -0.462. The van der Waals surface area contributed by atoms with Gasteiger partial charge >= 0.3 is 5.97 Å². The number of benzene rings is 2. The van der Waals surface area contributed by atoms with E-state index in [9.17, 15) is 9.36 Å². The van der Waals surface area contributed by atoms with E-state index >= 15 is 0 Å². The van der Waals surface area contributed by atoms with Crippen LogP contribution in [0.3, 0.4) is 0 Å². The molecule has 6 nitrogen and oxygen atoms in total. The predicted octanol–water partition coefficient (Wildman–Crippen LogP) is 4.99. The summed E-state index contributed by atoms with van der Waals surface area (Å²) in [4.78, 5) is 12.8. The molecule has 0 bridgehead atoms. The Balaban J connectivity index is 1.97. The smallest absolute Gasteiger partial charge is 0.326 e. The van der Waals surface area contributed by atoms with Gasteiger partial charge in [-0.1, -0.05) is 32.0 Å². The van der Waals surface area contributed by atoms with Crippen LogP contribution in [-0.2, 0) is 28.5 Å². The van der Waals surface area contributed by atoms with Crippen LogP contribution in [0.25, 0.3) is 10.8 Å². The van der Waals surface area contributed by atoms with Crippen LogP contribution in [0.2, 0.25) is 0 Å². The largest absolute Gasteiger partial charge is 0.497 e. The van der Waals surface area contributed by atoms with E-state index < -0.39 is 24.8 Å². The van der Waals surface area contributed by atoms with Gasteiger partial charge in [-0.15, -0.1) is 0 Å². The van der Waals surface area contributed by atoms with Crippen LogP contribution < -0.4 is 4.74 Å². The molecule has 1 heterocycles. The van der Waals surface area contributed by atoms with Crippen molar-refractivity contribution in [3.63, 3.8) is 0 Å². The molecule has 2 aromatic carbocycles. The number of esters is 1. The zero-order valence-electron chi connectivity index (χ0n) is 18.0. The Morgan fingerprint density at radius 2 is 1.87 bits per heavy atom. The van der Waals surface area contributed by atoms with Gasteiger partial charge in [-0.2, -0.15) is 12.6 Å². The van der Waals surface area contributed by atoms with Crippen molar-refractivity contribution in [2.24, 2.45) is 0 Å². The van der Waals surface area contributed by atoms with Crippen LogP contribution in [0.15, 0.2) is 36.4 Å². The normalized spacial score (nSPS) is 24.5. The molecular weight excluding hydrogens is 423 g/mol. The van der Waals surface area contributed by atoms with Gasteiger partial charge in [-0.3, -0.25) is 13.9 Å². The maximum atomic E-state index is 13.7. The monoisotopic (exact) mass is 452 g/mol. The molecular formula is C22H29O6PS. The lowest BCUT2D eigenvalue weighted by Gasteiger charge is -2.26. The first-order chi connectivity index (χ1) is 14.1. The third kappa shape index (κ3) is 4.40. The standard InChI is InChI=1S/C22H29O6PS/c1-6-27-19(13-21(2,3)30)28-29(24)14-22(29,20(23)26-5)17-9-7-16-12-18(25-4)10-8-15(16)11-17/h7-12,19,30H,6,13-14H2,1-5H3/t19?,22-,29?/m1/s1. The third-order valence-electron chi connectivity index (χ3n) is 5.27. The number of carbonyl (C=O) groups is 1. The van der Waals surface area contributed by atoms with Crippen molar-refractivity contribution < 1.29 is 28.1 Å². The van der Waals surface area contributed by atoms with Gasteiger partial charge in [0.2, 0.25) is 7.37 Å². The molecule has 0 N–H and O–H groups in total. The molecule has 0 spiro atoms. The molecule has 3 rings (SSSR count). The lowest BCUT2D eigenvalue weighted by molar-refractivity contribution is -0.142. The fraction of sp³-hybridized carbons (Fsp3) is 0.500. The van der Waals surface area contributed by atoms with Crippen LogP contribution >= 0.6 is 20.0 Å². The minimum atomic E-state index is -3.37. The Kier molecular flexibility index (Phi) is 6.59. The van der Waals surface area contributed by atoms with Gasteiger partial charge in [0.1, 0.15) is 5.75 Å². The van der Waals surface area contributed by atoms with Crippen molar-refractivity contribution in [3.8, 4) is 5.75 Å². The number of fused-ring (bicyclic) bond motifs is 1. The Hall–Kier alpha value is -1.53. The first-order valence-electron chi connectivity index (χ1n) is 9.87. The maximum absolute atomic E-state index is 13.7. The summed E-state index contributed by atoms with van der Waals surface area (Å²) in [6.07, 6.45) is -0.197. The number of ether oxygens (including phenoxy) is 3. The number of hydrogen-bond acceptors (Lipinski definition) is 7. The first kappa shape index (κ1) is 23.1. The molecule has 30 heavy (non-hydrogen) atoms. The first-order valence-corrected chi connectivity index (χ1v) is 12.1. The van der Waals surface area contributed by atoms with Crippen LogP contribution in [-0.4, -0.2) is 44.0 Å². The lowest BCUT2D eigenvalue weighted by Crippen LogP contribution is -2.27. The molecule has 0 aromatic heterocycles. The molecule has 0 amide bonds. The summed E-state index contributed by atoms with van der Waals surface area (Å²) in [5.41, 5.74) is 0.621. The predicted molar refractivity (Wildman–Crippen MR) is 121 cm³/mol. The summed E-state index contributed by atoms with van der Waals surface area (Å²) in [6.45, 7) is 6.10. The van der Waals surface area contributed by atoms with E-state index in [1.807, 2.05) is 51.1 Å². The molecule has 2 aromatic rings. The number of methoxy groups -OCH3 is 2. The summed E-state index contributed by atoms with van der Waals surface area (Å²) < 4.78 is 35.3. The van der Waals surface area contributed by atoms with E-state index in [0.717, 1.165) is 16.5 Å². The molecule has 2 unspecified atom stereocenters. The maximum Gasteiger partial charge on any atom is 0.326 e. The second-order valence-corrected chi connectivity index (χ2v) is 12.0. The Morgan fingerprint density at radius 3 is 2.47 bits per heavy atom. The Labute approximate surface area is 183 Å².